The van der Waals surface area contributed by atoms with E-state index in [1.165, 1.54) is 0 Å². The molecule has 0 bridgehead atoms. The van der Waals surface area contributed by atoms with E-state index in [9.17, 15) is 4.79 Å². The fourth-order valence-corrected chi connectivity index (χ4v) is 3.01. The van der Waals surface area contributed by atoms with E-state index in [4.69, 9.17) is 19.3 Å². The lowest BCUT2D eigenvalue weighted by molar-refractivity contribution is 0.00578. The Morgan fingerprint density at radius 2 is 1.68 bits per heavy atom. The largest absolute Gasteiger partial charge is 0.492 e. The number of nitrogens with zero attached hydrogens (tertiary/aromatic N) is 1. The first-order valence-electron chi connectivity index (χ1n) is 10.2. The summed E-state index contributed by atoms with van der Waals surface area (Å²) in [6.45, 7) is 8.31. The highest BCUT2D eigenvalue weighted by molar-refractivity contribution is 6.56. The molecule has 6 nitrogen and oxygen atoms in total. The number of ether oxygens (including phenoxy) is 1. The van der Waals surface area contributed by atoms with Gasteiger partial charge in [-0.2, -0.15) is 5.26 Å². The van der Waals surface area contributed by atoms with E-state index in [1.807, 2.05) is 76.2 Å². The fourth-order valence-electron chi connectivity index (χ4n) is 3.01. The monoisotopic (exact) mass is 418 g/mol. The second-order valence-corrected chi connectivity index (χ2v) is 8.46. The Kier molecular flexibility index (Phi) is 6.84. The SMILES string of the molecule is CC1(C)OB(C(=Cc2ccc(C#N)cc2)CNC(=O)OCc2ccccc2)OC1(C)C. The van der Waals surface area contributed by atoms with Crippen LogP contribution in [0.15, 0.2) is 60.1 Å². The molecule has 1 fully saturated rings. The van der Waals surface area contributed by atoms with E-state index in [0.29, 0.717) is 5.56 Å². The Balaban J connectivity index is 1.72. The first kappa shape index (κ1) is 22.6. The first-order valence-corrected chi connectivity index (χ1v) is 10.2. The van der Waals surface area contributed by atoms with Gasteiger partial charge in [-0.3, -0.25) is 0 Å². The summed E-state index contributed by atoms with van der Waals surface area (Å²) in [6.07, 6.45) is 1.38. The van der Waals surface area contributed by atoms with Crippen molar-refractivity contribution in [3.8, 4) is 6.07 Å². The molecule has 0 aliphatic carbocycles. The molecule has 1 saturated heterocycles. The molecule has 1 N–H and O–H groups in total. The molecule has 0 aromatic heterocycles. The van der Waals surface area contributed by atoms with Gasteiger partial charge >= 0.3 is 13.2 Å². The number of hydrogen-bond donors (Lipinski definition) is 1. The number of nitriles is 1. The second-order valence-electron chi connectivity index (χ2n) is 8.46. The van der Waals surface area contributed by atoms with Crippen LogP contribution in [0.3, 0.4) is 0 Å². The van der Waals surface area contributed by atoms with Crippen molar-refractivity contribution in [1.29, 1.82) is 5.26 Å². The molecular weight excluding hydrogens is 391 g/mol. The lowest BCUT2D eigenvalue weighted by Gasteiger charge is -2.32. The summed E-state index contributed by atoms with van der Waals surface area (Å²) in [5.74, 6) is 0. The lowest BCUT2D eigenvalue weighted by Crippen LogP contribution is -2.41. The van der Waals surface area contributed by atoms with Gasteiger partial charge in [0.2, 0.25) is 0 Å². The highest BCUT2D eigenvalue weighted by Crippen LogP contribution is 2.38. The summed E-state index contributed by atoms with van der Waals surface area (Å²) >= 11 is 0. The molecule has 1 aliphatic rings. The maximum atomic E-state index is 12.2. The van der Waals surface area contributed by atoms with Crippen LogP contribution < -0.4 is 5.32 Å². The third-order valence-corrected chi connectivity index (χ3v) is 5.60. The van der Waals surface area contributed by atoms with Crippen molar-refractivity contribution in [3.63, 3.8) is 0 Å². The van der Waals surface area contributed by atoms with Gasteiger partial charge in [0.05, 0.1) is 22.8 Å². The average Bonchev–Trinajstić information content (AvgIpc) is 2.97. The molecule has 0 unspecified atom stereocenters. The van der Waals surface area contributed by atoms with E-state index in [1.54, 1.807) is 12.1 Å². The molecule has 1 heterocycles. The number of alkyl carbamates (subject to hydrolysis) is 1. The van der Waals surface area contributed by atoms with Crippen molar-refractivity contribution in [2.45, 2.75) is 45.5 Å². The molecule has 0 spiro atoms. The summed E-state index contributed by atoms with van der Waals surface area (Å²) < 4.78 is 17.6. The summed E-state index contributed by atoms with van der Waals surface area (Å²) in [4.78, 5) is 12.2. The predicted molar refractivity (Wildman–Crippen MR) is 120 cm³/mol. The third-order valence-electron chi connectivity index (χ3n) is 5.60. The van der Waals surface area contributed by atoms with Crippen LogP contribution in [0.2, 0.25) is 0 Å². The minimum absolute atomic E-state index is 0.192. The van der Waals surface area contributed by atoms with E-state index in [0.717, 1.165) is 16.6 Å². The number of hydrogen-bond acceptors (Lipinski definition) is 5. The summed E-state index contributed by atoms with van der Waals surface area (Å²) in [7, 11) is -0.616. The summed E-state index contributed by atoms with van der Waals surface area (Å²) in [6, 6.07) is 18.8. The van der Waals surface area contributed by atoms with Crippen LogP contribution in [-0.4, -0.2) is 31.0 Å². The average molecular weight is 418 g/mol. The van der Waals surface area contributed by atoms with Gasteiger partial charge in [0.25, 0.3) is 0 Å². The number of rotatable bonds is 6. The zero-order chi connectivity index (χ0) is 22.5. The van der Waals surface area contributed by atoms with Gasteiger partial charge in [0.1, 0.15) is 6.61 Å². The minimum Gasteiger partial charge on any atom is -0.445 e. The lowest BCUT2D eigenvalue weighted by atomic mass is 9.77. The Hall–Kier alpha value is -3.08. The van der Waals surface area contributed by atoms with E-state index in [-0.39, 0.29) is 13.2 Å². The van der Waals surface area contributed by atoms with Crippen LogP contribution >= 0.6 is 0 Å². The molecule has 0 atom stereocenters. The highest BCUT2D eigenvalue weighted by Gasteiger charge is 2.52. The Labute approximate surface area is 184 Å². The standard InChI is InChI=1S/C24H27BN2O4/c1-23(2)24(3,4)31-25(30-23)21(14-18-10-12-19(15-26)13-11-18)16-27-22(28)29-17-20-8-6-5-7-9-20/h5-14H,16-17H2,1-4H3,(H,27,28). The minimum atomic E-state index is -0.616. The van der Waals surface area contributed by atoms with Crippen LogP contribution in [0.1, 0.15) is 44.4 Å². The van der Waals surface area contributed by atoms with Gasteiger partial charge in [0, 0.05) is 6.54 Å². The Bertz CT molecular complexity index is 963. The Morgan fingerprint density at radius 3 is 2.26 bits per heavy atom. The van der Waals surface area contributed by atoms with Crippen LogP contribution in [-0.2, 0) is 20.7 Å². The van der Waals surface area contributed by atoms with Crippen molar-refractivity contribution < 1.29 is 18.8 Å². The molecule has 1 aliphatic heterocycles. The van der Waals surface area contributed by atoms with Gasteiger partial charge in [-0.15, -0.1) is 0 Å². The van der Waals surface area contributed by atoms with E-state index in [2.05, 4.69) is 11.4 Å². The maximum absolute atomic E-state index is 12.2. The molecule has 31 heavy (non-hydrogen) atoms. The highest BCUT2D eigenvalue weighted by atomic mass is 16.7. The van der Waals surface area contributed by atoms with Crippen LogP contribution in [0.4, 0.5) is 4.79 Å². The molecule has 2 aromatic rings. The quantitative estimate of drug-likeness (QED) is 0.699. The molecule has 0 saturated carbocycles. The number of benzene rings is 2. The van der Waals surface area contributed by atoms with Gasteiger partial charge in [0.15, 0.2) is 0 Å². The molecule has 3 rings (SSSR count). The summed E-state index contributed by atoms with van der Waals surface area (Å²) in [5.41, 5.74) is 2.11. The van der Waals surface area contributed by atoms with Crippen molar-refractivity contribution in [1.82, 2.24) is 5.32 Å². The Morgan fingerprint density at radius 1 is 1.06 bits per heavy atom. The van der Waals surface area contributed by atoms with Crippen LogP contribution in [0.5, 0.6) is 0 Å². The van der Waals surface area contributed by atoms with E-state index >= 15 is 0 Å². The number of carbonyl (C=O) groups excluding carboxylic acids is 1. The van der Waals surface area contributed by atoms with Crippen molar-refractivity contribution in [3.05, 3.63) is 76.8 Å². The van der Waals surface area contributed by atoms with Crippen molar-refractivity contribution in [2.24, 2.45) is 0 Å². The van der Waals surface area contributed by atoms with Gasteiger partial charge in [-0.1, -0.05) is 48.5 Å². The summed E-state index contributed by atoms with van der Waals surface area (Å²) in [5, 5.41) is 11.8. The molecule has 160 valence electrons. The smallest absolute Gasteiger partial charge is 0.445 e. The number of carbonyl (C=O) groups is 1. The van der Waals surface area contributed by atoms with Gasteiger partial charge < -0.3 is 19.4 Å². The van der Waals surface area contributed by atoms with Gasteiger partial charge in [-0.25, -0.2) is 4.79 Å². The predicted octanol–water partition coefficient (Wildman–Crippen LogP) is 4.50. The fraction of sp³-hybridized carbons (Fsp3) is 0.333. The first-order chi connectivity index (χ1) is 14.7. The third kappa shape index (κ3) is 5.75. The second kappa shape index (κ2) is 9.38. The van der Waals surface area contributed by atoms with Gasteiger partial charge in [-0.05, 0) is 56.4 Å². The van der Waals surface area contributed by atoms with Crippen LogP contribution in [0.25, 0.3) is 6.08 Å². The molecule has 1 amide bonds. The molecule has 0 radical (unpaired) electrons. The normalized spacial score (nSPS) is 17.1. The number of amides is 1. The molecule has 7 heteroatoms. The van der Waals surface area contributed by atoms with E-state index < -0.39 is 24.4 Å². The maximum Gasteiger partial charge on any atom is 0.492 e. The zero-order valence-electron chi connectivity index (χ0n) is 18.3. The number of nitrogens with one attached hydrogen (secondary N) is 1. The molecule has 2 aromatic carbocycles. The zero-order valence-corrected chi connectivity index (χ0v) is 18.3. The molecular formula is C24H27BN2O4. The topological polar surface area (TPSA) is 80.6 Å². The van der Waals surface area contributed by atoms with Crippen molar-refractivity contribution >= 4 is 19.3 Å². The van der Waals surface area contributed by atoms with Crippen LogP contribution in [0, 0.1) is 11.3 Å². The van der Waals surface area contributed by atoms with Crippen molar-refractivity contribution in [2.75, 3.05) is 6.54 Å².